The maximum absolute atomic E-state index is 12.6. The molecule has 0 saturated carbocycles. The predicted molar refractivity (Wildman–Crippen MR) is 71.7 cm³/mol. The molecule has 1 aliphatic heterocycles. The summed E-state index contributed by atoms with van der Waals surface area (Å²) in [6.07, 6.45) is 2.91. The van der Waals surface area contributed by atoms with Crippen LogP contribution < -0.4 is 5.32 Å². The van der Waals surface area contributed by atoms with E-state index in [0.717, 1.165) is 25.9 Å². The lowest BCUT2D eigenvalue weighted by atomic mass is 10.2. The Balaban J connectivity index is 2.04. The Labute approximate surface area is 117 Å². The molecule has 20 heavy (non-hydrogen) atoms. The molecule has 4 nitrogen and oxygen atoms in total. The molecule has 1 saturated heterocycles. The van der Waals surface area contributed by atoms with E-state index < -0.39 is 15.6 Å². The highest BCUT2D eigenvalue weighted by molar-refractivity contribution is 7.91. The summed E-state index contributed by atoms with van der Waals surface area (Å²) in [5.74, 6) is -3.41. The number of alkyl halides is 2. The first-order valence-electron chi connectivity index (χ1n) is 6.48. The van der Waals surface area contributed by atoms with Gasteiger partial charge in [-0.05, 0) is 31.4 Å². The molecule has 1 aromatic rings. The van der Waals surface area contributed by atoms with Gasteiger partial charge in [-0.1, -0.05) is 12.1 Å². The zero-order chi connectivity index (χ0) is 14.6. The van der Waals surface area contributed by atoms with Gasteiger partial charge >= 0.3 is 5.76 Å². The maximum Gasteiger partial charge on any atom is 0.341 e. The summed E-state index contributed by atoms with van der Waals surface area (Å²) in [5, 5.41) is 2.91. The Morgan fingerprint density at radius 3 is 2.75 bits per heavy atom. The first-order chi connectivity index (χ1) is 9.51. The quantitative estimate of drug-likeness (QED) is 0.878. The average Bonchev–Trinajstić information content (AvgIpc) is 2.92. The van der Waals surface area contributed by atoms with Crippen molar-refractivity contribution in [3.8, 4) is 0 Å². The van der Waals surface area contributed by atoms with Crippen LogP contribution in [0.4, 0.5) is 14.5 Å². The van der Waals surface area contributed by atoms with Crippen LogP contribution in [0.3, 0.4) is 0 Å². The highest BCUT2D eigenvalue weighted by atomic mass is 32.2. The summed E-state index contributed by atoms with van der Waals surface area (Å²) in [6, 6.07) is 5.72. The Kier molecular flexibility index (Phi) is 4.93. The van der Waals surface area contributed by atoms with E-state index in [-0.39, 0.29) is 16.7 Å². The van der Waals surface area contributed by atoms with Crippen LogP contribution >= 0.6 is 0 Å². The van der Waals surface area contributed by atoms with Gasteiger partial charge < -0.3 is 10.1 Å². The van der Waals surface area contributed by atoms with Crippen LogP contribution in [-0.2, 0) is 14.6 Å². The Hall–Kier alpha value is -1.21. The van der Waals surface area contributed by atoms with Crippen LogP contribution in [0.2, 0.25) is 0 Å². The molecule has 2 rings (SSSR count). The molecule has 0 radical (unpaired) electrons. The number of nitrogens with one attached hydrogen (secondary N) is 1. The van der Waals surface area contributed by atoms with Crippen molar-refractivity contribution in [3.63, 3.8) is 0 Å². The second-order valence-electron chi connectivity index (χ2n) is 4.65. The summed E-state index contributed by atoms with van der Waals surface area (Å²) in [6.45, 7) is 1.24. The molecule has 0 bridgehead atoms. The molecule has 7 heteroatoms. The molecule has 1 fully saturated rings. The Morgan fingerprint density at radius 1 is 1.35 bits per heavy atom. The topological polar surface area (TPSA) is 55.4 Å². The van der Waals surface area contributed by atoms with Crippen LogP contribution in [0.1, 0.15) is 19.3 Å². The number of sulfone groups is 1. The van der Waals surface area contributed by atoms with Crippen molar-refractivity contribution < 1.29 is 21.9 Å². The summed E-state index contributed by atoms with van der Waals surface area (Å²) in [5.41, 5.74) is 0.214. The molecule has 1 aromatic carbocycles. The van der Waals surface area contributed by atoms with Crippen LogP contribution in [0.25, 0.3) is 0 Å². The van der Waals surface area contributed by atoms with Crippen molar-refractivity contribution in [1.29, 1.82) is 0 Å². The van der Waals surface area contributed by atoms with E-state index >= 15 is 0 Å². The zero-order valence-corrected chi connectivity index (χ0v) is 11.7. The molecule has 1 atom stereocenters. The monoisotopic (exact) mass is 305 g/mol. The Morgan fingerprint density at radius 2 is 2.10 bits per heavy atom. The molecular weight excluding hydrogens is 288 g/mol. The predicted octanol–water partition coefficient (Wildman–Crippen LogP) is 2.66. The summed E-state index contributed by atoms with van der Waals surface area (Å²) in [4.78, 5) is -0.359. The van der Waals surface area contributed by atoms with Gasteiger partial charge in [-0.3, -0.25) is 0 Å². The van der Waals surface area contributed by atoms with Gasteiger partial charge in [-0.15, -0.1) is 0 Å². The molecule has 0 spiro atoms. The fourth-order valence-corrected chi connectivity index (χ4v) is 3.10. The maximum atomic E-state index is 12.6. The number of rotatable bonds is 6. The van der Waals surface area contributed by atoms with Gasteiger partial charge in [-0.2, -0.15) is 8.78 Å². The van der Waals surface area contributed by atoms with Crippen molar-refractivity contribution in [2.45, 2.75) is 36.0 Å². The van der Waals surface area contributed by atoms with E-state index in [9.17, 15) is 17.2 Å². The molecule has 1 aliphatic rings. The molecule has 0 aliphatic carbocycles. The minimum atomic E-state index is -4.58. The second-order valence-corrected chi connectivity index (χ2v) is 6.54. The number of ether oxygens (including phenoxy) is 1. The molecule has 1 N–H and O–H groups in total. The summed E-state index contributed by atoms with van der Waals surface area (Å²) < 4.78 is 53.8. The third-order valence-electron chi connectivity index (χ3n) is 3.23. The number of hydrogen-bond donors (Lipinski definition) is 1. The Bertz CT molecular complexity index is 542. The normalized spacial score (nSPS) is 19.4. The van der Waals surface area contributed by atoms with Gasteiger partial charge in [0.1, 0.15) is 0 Å². The van der Waals surface area contributed by atoms with Crippen molar-refractivity contribution in [2.75, 3.05) is 18.5 Å². The van der Waals surface area contributed by atoms with E-state index in [0.29, 0.717) is 6.54 Å². The van der Waals surface area contributed by atoms with E-state index in [1.165, 1.54) is 18.2 Å². The van der Waals surface area contributed by atoms with E-state index in [1.54, 1.807) is 6.07 Å². The van der Waals surface area contributed by atoms with Crippen molar-refractivity contribution in [2.24, 2.45) is 0 Å². The summed E-state index contributed by atoms with van der Waals surface area (Å²) in [7, 11) is -4.58. The number of anilines is 1. The van der Waals surface area contributed by atoms with Gasteiger partial charge in [-0.25, -0.2) is 8.42 Å². The number of hydrogen-bond acceptors (Lipinski definition) is 4. The van der Waals surface area contributed by atoms with Crippen molar-refractivity contribution >= 4 is 15.5 Å². The highest BCUT2D eigenvalue weighted by Crippen LogP contribution is 2.26. The average molecular weight is 305 g/mol. The number of para-hydroxylation sites is 1. The van der Waals surface area contributed by atoms with Gasteiger partial charge in [0.2, 0.25) is 9.84 Å². The lowest BCUT2D eigenvalue weighted by Gasteiger charge is -2.14. The minimum Gasteiger partial charge on any atom is -0.384 e. The van der Waals surface area contributed by atoms with Crippen molar-refractivity contribution in [3.05, 3.63) is 24.3 Å². The third kappa shape index (κ3) is 3.46. The van der Waals surface area contributed by atoms with Crippen molar-refractivity contribution in [1.82, 2.24) is 0 Å². The van der Waals surface area contributed by atoms with Crippen LogP contribution in [0.5, 0.6) is 0 Å². The molecular formula is C13H17F2NO3S. The lowest BCUT2D eigenvalue weighted by molar-refractivity contribution is 0.107. The standard InChI is InChI=1S/C13H17F2NO3S/c14-13(15)20(17,18)12-6-2-1-5-11(12)16-8-7-10-4-3-9-19-10/h1-2,5-6,10,13,16H,3-4,7-9H2. The van der Waals surface area contributed by atoms with E-state index in [4.69, 9.17) is 4.74 Å². The van der Waals surface area contributed by atoms with E-state index in [2.05, 4.69) is 5.32 Å². The van der Waals surface area contributed by atoms with Crippen LogP contribution in [0.15, 0.2) is 29.2 Å². The first kappa shape index (κ1) is 15.2. The first-order valence-corrected chi connectivity index (χ1v) is 8.03. The minimum absolute atomic E-state index is 0.168. The smallest absolute Gasteiger partial charge is 0.341 e. The molecule has 112 valence electrons. The SMILES string of the molecule is O=S(=O)(c1ccccc1NCCC1CCCO1)C(F)F. The third-order valence-corrected chi connectivity index (χ3v) is 4.67. The number of benzene rings is 1. The van der Waals surface area contributed by atoms with Gasteiger partial charge in [0.25, 0.3) is 0 Å². The molecule has 0 aromatic heterocycles. The van der Waals surface area contributed by atoms with Gasteiger partial charge in [0.05, 0.1) is 16.7 Å². The van der Waals surface area contributed by atoms with E-state index in [1.807, 2.05) is 0 Å². The second kappa shape index (κ2) is 6.49. The van der Waals surface area contributed by atoms with Crippen LogP contribution in [-0.4, -0.2) is 33.4 Å². The lowest BCUT2D eigenvalue weighted by Crippen LogP contribution is -2.16. The zero-order valence-electron chi connectivity index (χ0n) is 10.9. The largest absolute Gasteiger partial charge is 0.384 e. The molecule has 1 heterocycles. The summed E-state index contributed by atoms with van der Waals surface area (Å²) >= 11 is 0. The fraction of sp³-hybridized carbons (Fsp3) is 0.538. The molecule has 0 amide bonds. The molecule has 1 unspecified atom stereocenters. The van der Waals surface area contributed by atoms with Crippen LogP contribution in [0, 0.1) is 0 Å². The van der Waals surface area contributed by atoms with Gasteiger partial charge in [0, 0.05) is 13.2 Å². The highest BCUT2D eigenvalue weighted by Gasteiger charge is 2.28. The van der Waals surface area contributed by atoms with Gasteiger partial charge in [0.15, 0.2) is 0 Å². The number of halogens is 2. The fourth-order valence-electron chi connectivity index (χ4n) is 2.20.